The molecule has 0 radical (unpaired) electrons. The Balaban J connectivity index is 1.89. The van der Waals surface area contributed by atoms with E-state index in [4.69, 9.17) is 28.4 Å². The van der Waals surface area contributed by atoms with Crippen molar-refractivity contribution in [2.75, 3.05) is 19.8 Å². The van der Waals surface area contributed by atoms with Gasteiger partial charge in [-0.3, -0.25) is 19.2 Å². The van der Waals surface area contributed by atoms with Gasteiger partial charge in [0, 0.05) is 31.4 Å². The number of carbonyl (C=O) groups excluding carboxylic acids is 5. The third kappa shape index (κ3) is 6.19. The first-order valence-electron chi connectivity index (χ1n) is 15.3. The van der Waals surface area contributed by atoms with Crippen molar-refractivity contribution in [2.24, 2.45) is 34.5 Å². The lowest BCUT2D eigenvalue weighted by molar-refractivity contribution is -0.260. The molecule has 8 atom stereocenters. The molecule has 11 nitrogen and oxygen atoms in total. The first-order chi connectivity index (χ1) is 20.1. The lowest BCUT2D eigenvalue weighted by Crippen LogP contribution is -2.71. The Hall–Kier alpha value is -2.95. The lowest BCUT2D eigenvalue weighted by atomic mass is 9.42. The van der Waals surface area contributed by atoms with Crippen molar-refractivity contribution < 1.29 is 52.4 Å². The zero-order valence-electron chi connectivity index (χ0n) is 26.6. The minimum Gasteiger partial charge on any atom is -0.465 e. The van der Waals surface area contributed by atoms with Gasteiger partial charge >= 0.3 is 29.8 Å². The van der Waals surface area contributed by atoms with E-state index in [1.165, 1.54) is 19.9 Å². The Bertz CT molecular complexity index is 1170. The quantitative estimate of drug-likeness (QED) is 0.204. The fraction of sp³-hybridized carbons (Fsp3) is 0.781. The third-order valence-electron chi connectivity index (χ3n) is 10.1. The van der Waals surface area contributed by atoms with E-state index in [0.717, 1.165) is 0 Å². The summed E-state index contributed by atoms with van der Waals surface area (Å²) in [4.78, 5) is 63.0. The Morgan fingerprint density at radius 1 is 1.02 bits per heavy atom. The van der Waals surface area contributed by atoms with Crippen molar-refractivity contribution in [2.45, 2.75) is 105 Å². The molecule has 0 aromatic rings. The number of fused-ring (bicyclic) bond motifs is 2. The molecule has 240 valence electrons. The zero-order valence-corrected chi connectivity index (χ0v) is 26.6. The van der Waals surface area contributed by atoms with Crippen LogP contribution in [0.3, 0.4) is 0 Å². The third-order valence-corrected chi connectivity index (χ3v) is 10.1. The molecule has 1 spiro atoms. The summed E-state index contributed by atoms with van der Waals surface area (Å²) in [5.41, 5.74) is -2.03. The van der Waals surface area contributed by atoms with Gasteiger partial charge in [0.1, 0.15) is 37.1 Å². The molecule has 3 fully saturated rings. The van der Waals surface area contributed by atoms with Crippen LogP contribution in [0.15, 0.2) is 11.6 Å². The average molecular weight is 607 g/mol. The molecule has 4 rings (SSSR count). The molecule has 0 aromatic carbocycles. The summed E-state index contributed by atoms with van der Waals surface area (Å²) in [6, 6.07) is 0. The van der Waals surface area contributed by atoms with Crippen LogP contribution in [0.4, 0.5) is 0 Å². The standard InChI is InChI=1S/C32H46O11/c1-17(2)28(36)42-23-9-10-31(15-40-31)32(16-39-20(6)33)25(41-21(7)34)11-19(5)30(8,27(23)32)13-24(43-29(37)18(3)4)22-12-26(35)38-14-22/h12,17-19,23-25,27H,9-11,13-16H2,1-8H3/t19-,23-,24+,25+,27-,30+,31+,32-/m1/s1. The highest BCUT2D eigenvalue weighted by Crippen LogP contribution is 2.70. The van der Waals surface area contributed by atoms with E-state index in [2.05, 4.69) is 6.92 Å². The molecule has 2 heterocycles. The molecule has 2 aliphatic heterocycles. The molecule has 0 N–H and O–H groups in total. The highest BCUT2D eigenvalue weighted by Gasteiger charge is 2.77. The Labute approximate surface area is 253 Å². The number of hydrogen-bond donors (Lipinski definition) is 0. The van der Waals surface area contributed by atoms with Crippen molar-refractivity contribution >= 4 is 29.8 Å². The van der Waals surface area contributed by atoms with Gasteiger partial charge in [-0.15, -0.1) is 0 Å². The predicted molar refractivity (Wildman–Crippen MR) is 151 cm³/mol. The summed E-state index contributed by atoms with van der Waals surface area (Å²) < 4.78 is 35.5. The van der Waals surface area contributed by atoms with Crippen LogP contribution in [-0.4, -0.2) is 73.6 Å². The van der Waals surface area contributed by atoms with E-state index >= 15 is 0 Å². The molecular formula is C32H46O11. The number of carbonyl (C=O) groups is 5. The lowest BCUT2D eigenvalue weighted by Gasteiger charge is -2.64. The number of esters is 5. The summed E-state index contributed by atoms with van der Waals surface area (Å²) in [6.07, 6.45) is 0.901. The fourth-order valence-electron chi connectivity index (χ4n) is 7.63. The fourth-order valence-corrected chi connectivity index (χ4v) is 7.63. The van der Waals surface area contributed by atoms with Crippen LogP contribution in [0.25, 0.3) is 0 Å². The molecule has 2 aliphatic carbocycles. The van der Waals surface area contributed by atoms with E-state index in [1.54, 1.807) is 27.7 Å². The van der Waals surface area contributed by atoms with E-state index in [1.807, 2.05) is 6.92 Å². The van der Waals surface area contributed by atoms with E-state index in [0.29, 0.717) is 31.4 Å². The molecule has 0 amide bonds. The van der Waals surface area contributed by atoms with Gasteiger partial charge in [0.05, 0.1) is 23.9 Å². The second-order valence-electron chi connectivity index (χ2n) is 13.6. The number of hydrogen-bond acceptors (Lipinski definition) is 11. The monoisotopic (exact) mass is 606 g/mol. The first-order valence-corrected chi connectivity index (χ1v) is 15.3. The molecular weight excluding hydrogens is 560 g/mol. The minimum absolute atomic E-state index is 0.00250. The zero-order chi connectivity index (χ0) is 31.9. The number of epoxide rings is 1. The van der Waals surface area contributed by atoms with Crippen LogP contribution < -0.4 is 0 Å². The van der Waals surface area contributed by atoms with Gasteiger partial charge in [-0.2, -0.15) is 0 Å². The first kappa shape index (κ1) is 33.0. The highest BCUT2D eigenvalue weighted by atomic mass is 16.6. The van der Waals surface area contributed by atoms with E-state index in [9.17, 15) is 24.0 Å². The molecule has 1 saturated heterocycles. The van der Waals surface area contributed by atoms with Crippen LogP contribution in [0.5, 0.6) is 0 Å². The van der Waals surface area contributed by atoms with Crippen molar-refractivity contribution in [3.8, 4) is 0 Å². The number of ether oxygens (including phenoxy) is 6. The van der Waals surface area contributed by atoms with E-state index in [-0.39, 0.29) is 37.4 Å². The van der Waals surface area contributed by atoms with Gasteiger partial charge in [0.15, 0.2) is 0 Å². The van der Waals surface area contributed by atoms with Gasteiger partial charge in [-0.05, 0) is 37.0 Å². The Morgan fingerprint density at radius 3 is 2.19 bits per heavy atom. The summed E-state index contributed by atoms with van der Waals surface area (Å²) in [7, 11) is 0. The van der Waals surface area contributed by atoms with Crippen molar-refractivity contribution in [1.29, 1.82) is 0 Å². The smallest absolute Gasteiger partial charge is 0.331 e. The van der Waals surface area contributed by atoms with Crippen molar-refractivity contribution in [3.63, 3.8) is 0 Å². The summed E-state index contributed by atoms with van der Waals surface area (Å²) in [5, 5.41) is 0. The molecule has 4 aliphatic rings. The predicted octanol–water partition coefficient (Wildman–Crippen LogP) is 3.70. The maximum Gasteiger partial charge on any atom is 0.331 e. The van der Waals surface area contributed by atoms with Crippen LogP contribution in [0, 0.1) is 34.5 Å². The van der Waals surface area contributed by atoms with Crippen LogP contribution in [-0.2, 0) is 52.4 Å². The molecule has 0 bridgehead atoms. The second-order valence-corrected chi connectivity index (χ2v) is 13.6. The Morgan fingerprint density at radius 2 is 1.67 bits per heavy atom. The van der Waals surface area contributed by atoms with Crippen LogP contribution in [0.2, 0.25) is 0 Å². The molecule has 11 heteroatoms. The van der Waals surface area contributed by atoms with Gasteiger partial charge in [-0.25, -0.2) is 4.79 Å². The summed E-state index contributed by atoms with van der Waals surface area (Å²) in [6.45, 7) is 14.0. The van der Waals surface area contributed by atoms with Crippen LogP contribution in [0.1, 0.15) is 81.1 Å². The maximum atomic E-state index is 13.1. The van der Waals surface area contributed by atoms with Crippen molar-refractivity contribution in [3.05, 3.63) is 11.6 Å². The highest BCUT2D eigenvalue weighted by molar-refractivity contribution is 5.85. The van der Waals surface area contributed by atoms with Crippen molar-refractivity contribution in [1.82, 2.24) is 0 Å². The number of rotatable bonds is 10. The molecule has 2 saturated carbocycles. The topological polar surface area (TPSA) is 144 Å². The number of cyclic esters (lactones) is 1. The maximum absolute atomic E-state index is 13.1. The molecule has 43 heavy (non-hydrogen) atoms. The van der Waals surface area contributed by atoms with Gasteiger partial charge in [-0.1, -0.05) is 41.5 Å². The second kappa shape index (κ2) is 12.2. The largest absolute Gasteiger partial charge is 0.465 e. The summed E-state index contributed by atoms with van der Waals surface area (Å²) >= 11 is 0. The average Bonchev–Trinajstić information content (AvgIpc) is 3.57. The molecule has 0 unspecified atom stereocenters. The minimum atomic E-state index is -1.06. The van der Waals surface area contributed by atoms with E-state index < -0.39 is 70.5 Å². The SMILES string of the molecule is CC(=O)OC[C@@]12[C@@H](OC(C)=O)C[C@@H](C)[C@](C)(C[C@H](OC(=O)C(C)C)C3=CC(=O)OC3)[C@H]1[C@H](OC(=O)C(C)C)CC[C@]21CO1. The van der Waals surface area contributed by atoms with Gasteiger partial charge in [0.2, 0.25) is 0 Å². The van der Waals surface area contributed by atoms with Gasteiger partial charge < -0.3 is 28.4 Å². The summed E-state index contributed by atoms with van der Waals surface area (Å²) in [5.74, 6) is -3.76. The Kier molecular flexibility index (Phi) is 9.36. The van der Waals surface area contributed by atoms with Gasteiger partial charge in [0.25, 0.3) is 0 Å². The molecule has 0 aromatic heterocycles. The normalized spacial score (nSPS) is 35.5. The van der Waals surface area contributed by atoms with Crippen LogP contribution >= 0.6 is 0 Å².